The van der Waals surface area contributed by atoms with E-state index in [0.717, 1.165) is 31.8 Å². The molecule has 10 heteroatoms. The van der Waals surface area contributed by atoms with E-state index in [1.807, 2.05) is 0 Å². The van der Waals surface area contributed by atoms with Crippen molar-refractivity contribution in [1.82, 2.24) is 39.6 Å². The molecule has 92 valence electrons. The van der Waals surface area contributed by atoms with Crippen molar-refractivity contribution in [2.45, 2.75) is 6.42 Å². The molecule has 0 amide bonds. The molecule has 19 heavy (non-hydrogen) atoms. The number of hydrogen-bond acceptors (Lipinski definition) is 10. The molecule has 0 radical (unpaired) electrons. The van der Waals surface area contributed by atoms with Crippen LogP contribution < -0.4 is 0 Å². The summed E-state index contributed by atoms with van der Waals surface area (Å²) < 4.78 is 9.62. The van der Waals surface area contributed by atoms with Crippen LogP contribution in [0.5, 0.6) is 0 Å². The zero-order valence-corrected chi connectivity index (χ0v) is 10.9. The van der Waals surface area contributed by atoms with Crippen LogP contribution >= 0.6 is 23.1 Å². The van der Waals surface area contributed by atoms with E-state index in [9.17, 15) is 0 Å². The summed E-state index contributed by atoms with van der Waals surface area (Å²) in [5.41, 5.74) is 2.95. The van der Waals surface area contributed by atoms with Crippen molar-refractivity contribution in [2.24, 2.45) is 0 Å². The average molecular weight is 288 g/mol. The van der Waals surface area contributed by atoms with Gasteiger partial charge >= 0.3 is 0 Å². The molecular formula is C9H4N8S2. The minimum atomic E-state index is 0.464. The molecule has 0 aliphatic heterocycles. The van der Waals surface area contributed by atoms with Crippen LogP contribution in [0.4, 0.5) is 0 Å². The smallest absolute Gasteiger partial charge is 0.131 e. The van der Waals surface area contributed by atoms with Gasteiger partial charge in [0.25, 0.3) is 0 Å². The Morgan fingerprint density at radius 1 is 0.737 bits per heavy atom. The van der Waals surface area contributed by atoms with E-state index < -0.39 is 0 Å². The third-order valence-corrected chi connectivity index (χ3v) is 3.93. The summed E-state index contributed by atoms with van der Waals surface area (Å²) in [5.74, 6) is 0. The van der Waals surface area contributed by atoms with Crippen LogP contribution in [0.15, 0.2) is 12.4 Å². The lowest BCUT2D eigenvalue weighted by Crippen LogP contribution is -2.00. The van der Waals surface area contributed by atoms with E-state index in [-0.39, 0.29) is 0 Å². The summed E-state index contributed by atoms with van der Waals surface area (Å²) in [7, 11) is 0. The summed E-state index contributed by atoms with van der Waals surface area (Å²) in [4.78, 5) is 0. The molecule has 4 heterocycles. The van der Waals surface area contributed by atoms with E-state index in [1.54, 1.807) is 12.4 Å². The van der Waals surface area contributed by atoms with Crippen molar-refractivity contribution in [1.29, 1.82) is 0 Å². The lowest BCUT2D eigenvalue weighted by atomic mass is 10.2. The first-order chi connectivity index (χ1) is 9.42. The van der Waals surface area contributed by atoms with Crippen molar-refractivity contribution < 1.29 is 0 Å². The van der Waals surface area contributed by atoms with Crippen molar-refractivity contribution in [3.05, 3.63) is 23.8 Å². The van der Waals surface area contributed by atoms with Crippen LogP contribution in [-0.4, -0.2) is 39.6 Å². The Morgan fingerprint density at radius 2 is 1.26 bits per heavy atom. The predicted octanol–water partition coefficient (Wildman–Crippen LogP) is 0.867. The number of nitrogens with zero attached hydrogens (tertiary/aromatic N) is 8. The second kappa shape index (κ2) is 4.17. The lowest BCUT2D eigenvalue weighted by Gasteiger charge is -1.99. The van der Waals surface area contributed by atoms with Crippen molar-refractivity contribution >= 4 is 43.5 Å². The van der Waals surface area contributed by atoms with Crippen LogP contribution in [0.1, 0.15) is 11.4 Å². The highest BCUT2D eigenvalue weighted by Gasteiger charge is 2.13. The molecule has 0 N–H and O–H groups in total. The van der Waals surface area contributed by atoms with Gasteiger partial charge in [-0.3, -0.25) is 0 Å². The van der Waals surface area contributed by atoms with Crippen molar-refractivity contribution in [3.8, 4) is 0 Å². The zero-order valence-electron chi connectivity index (χ0n) is 9.26. The first-order valence-corrected chi connectivity index (χ1v) is 6.82. The molecule has 0 aromatic carbocycles. The number of aromatic nitrogens is 8. The highest BCUT2D eigenvalue weighted by Crippen LogP contribution is 2.21. The first kappa shape index (κ1) is 10.7. The highest BCUT2D eigenvalue weighted by atomic mass is 32.1. The summed E-state index contributed by atoms with van der Waals surface area (Å²) >= 11 is 2.58. The molecular weight excluding hydrogens is 284 g/mol. The second-order valence-electron chi connectivity index (χ2n) is 3.73. The van der Waals surface area contributed by atoms with Gasteiger partial charge in [0.2, 0.25) is 0 Å². The van der Waals surface area contributed by atoms with E-state index in [0.29, 0.717) is 6.42 Å². The second-order valence-corrected chi connectivity index (χ2v) is 5.30. The molecule has 0 saturated heterocycles. The summed E-state index contributed by atoms with van der Waals surface area (Å²) in [6.07, 6.45) is 3.77. The first-order valence-electron chi connectivity index (χ1n) is 5.27. The standard InChI is InChI=1S/C9H4N8S2/c1(4-8-6(2-10-12-4)18-16-14-8)5-9-7(3-11-13-5)19-17-15-9/h2-3H,1H2. The van der Waals surface area contributed by atoms with Gasteiger partial charge in [-0.2, -0.15) is 20.4 Å². The Labute approximate surface area is 113 Å². The van der Waals surface area contributed by atoms with Gasteiger partial charge in [0.1, 0.15) is 11.0 Å². The molecule has 4 aromatic heterocycles. The largest absolute Gasteiger partial charge is 0.157 e. The van der Waals surface area contributed by atoms with Gasteiger partial charge in [0.05, 0.1) is 33.2 Å². The number of rotatable bonds is 2. The summed E-state index contributed by atoms with van der Waals surface area (Å²) in [5, 5.41) is 24.2. The number of fused-ring (bicyclic) bond motifs is 2. The topological polar surface area (TPSA) is 103 Å². The minimum Gasteiger partial charge on any atom is -0.157 e. The fourth-order valence-electron chi connectivity index (χ4n) is 1.76. The van der Waals surface area contributed by atoms with Crippen LogP contribution in [-0.2, 0) is 6.42 Å². The SMILES string of the molecule is c1nnc(Cc2nncc3snnc23)c2nnsc12. The normalized spacial score (nSPS) is 11.4. The minimum absolute atomic E-state index is 0.464. The maximum absolute atomic E-state index is 4.11. The van der Waals surface area contributed by atoms with Crippen LogP contribution in [0.25, 0.3) is 20.4 Å². The molecule has 4 aromatic rings. The van der Waals surface area contributed by atoms with Gasteiger partial charge in [-0.15, -0.1) is 10.2 Å². The maximum atomic E-state index is 4.11. The quantitative estimate of drug-likeness (QED) is 0.535. The molecule has 0 unspecified atom stereocenters. The molecule has 0 aliphatic carbocycles. The Morgan fingerprint density at radius 3 is 1.79 bits per heavy atom. The molecule has 8 nitrogen and oxygen atoms in total. The Hall–Kier alpha value is -2.20. The Balaban J connectivity index is 1.86. The molecule has 0 atom stereocenters. The molecule has 0 fully saturated rings. The van der Waals surface area contributed by atoms with E-state index in [1.165, 1.54) is 23.1 Å². The van der Waals surface area contributed by atoms with Crippen LogP contribution in [0, 0.1) is 0 Å². The summed E-state index contributed by atoms with van der Waals surface area (Å²) in [6.45, 7) is 0. The van der Waals surface area contributed by atoms with Gasteiger partial charge < -0.3 is 0 Å². The van der Waals surface area contributed by atoms with Gasteiger partial charge in [0.15, 0.2) is 0 Å². The molecule has 0 bridgehead atoms. The van der Waals surface area contributed by atoms with E-state index in [2.05, 4.69) is 39.6 Å². The molecule has 0 saturated carbocycles. The molecule has 0 aliphatic rings. The zero-order chi connectivity index (χ0) is 12.7. The monoisotopic (exact) mass is 288 g/mol. The van der Waals surface area contributed by atoms with E-state index >= 15 is 0 Å². The van der Waals surface area contributed by atoms with Crippen molar-refractivity contribution in [2.75, 3.05) is 0 Å². The third kappa shape index (κ3) is 1.72. The average Bonchev–Trinajstić information content (AvgIpc) is 3.08. The van der Waals surface area contributed by atoms with Gasteiger partial charge in [-0.25, -0.2) is 0 Å². The lowest BCUT2D eigenvalue weighted by molar-refractivity contribution is 0.896. The van der Waals surface area contributed by atoms with Gasteiger partial charge in [-0.05, 0) is 23.1 Å². The number of hydrogen-bond donors (Lipinski definition) is 0. The Kier molecular flexibility index (Phi) is 2.35. The van der Waals surface area contributed by atoms with Crippen molar-refractivity contribution in [3.63, 3.8) is 0 Å². The summed E-state index contributed by atoms with van der Waals surface area (Å²) in [6, 6.07) is 0. The van der Waals surface area contributed by atoms with Gasteiger partial charge in [0, 0.05) is 6.42 Å². The fourth-order valence-corrected chi connectivity index (χ4v) is 2.86. The van der Waals surface area contributed by atoms with E-state index in [4.69, 9.17) is 0 Å². The molecule has 4 rings (SSSR count). The van der Waals surface area contributed by atoms with Crippen LogP contribution in [0.2, 0.25) is 0 Å². The Bertz CT molecular complexity index is 797. The highest BCUT2D eigenvalue weighted by molar-refractivity contribution is 7.13. The van der Waals surface area contributed by atoms with Gasteiger partial charge in [-0.1, -0.05) is 8.98 Å². The van der Waals surface area contributed by atoms with Crippen LogP contribution in [0.3, 0.4) is 0 Å². The molecule has 0 spiro atoms. The maximum Gasteiger partial charge on any atom is 0.131 e. The third-order valence-electron chi connectivity index (χ3n) is 2.62. The fraction of sp³-hybridized carbons (Fsp3) is 0.111. The predicted molar refractivity (Wildman–Crippen MR) is 68.8 cm³/mol.